The SMILES string of the molecule is CC(=O)[C@@]1(O[C@]2(CCl)O[C@H](CCl)[C@@H](O)[C@@H]2O)O[C@H](CO)[C@H](Cl)[C@H](O)[C@H]1O. The third-order valence-corrected chi connectivity index (χ3v) is 5.78. The molecule has 2 fully saturated rings. The van der Waals surface area contributed by atoms with E-state index < -0.39 is 71.8 Å². The van der Waals surface area contributed by atoms with E-state index in [0.717, 1.165) is 6.92 Å². The predicted molar refractivity (Wildman–Crippen MR) is 89.2 cm³/mol. The molecule has 0 amide bonds. The van der Waals surface area contributed by atoms with Crippen LogP contribution < -0.4 is 0 Å². The van der Waals surface area contributed by atoms with E-state index in [9.17, 15) is 30.3 Å². The van der Waals surface area contributed by atoms with Gasteiger partial charge >= 0.3 is 0 Å². The molecular formula is C14H21Cl3O9. The number of Topliss-reactive ketones (excluding diaryl/α,β-unsaturated/α-hetero) is 1. The molecule has 0 spiro atoms. The van der Waals surface area contributed by atoms with Crippen LogP contribution >= 0.6 is 34.8 Å². The highest BCUT2D eigenvalue weighted by Gasteiger charge is 2.65. The molecule has 2 aliphatic rings. The first-order valence-corrected chi connectivity index (χ1v) is 9.26. The fourth-order valence-corrected chi connectivity index (χ4v) is 3.81. The van der Waals surface area contributed by atoms with Crippen LogP contribution in [0.4, 0.5) is 0 Å². The third-order valence-electron chi connectivity index (χ3n) is 4.56. The van der Waals surface area contributed by atoms with E-state index in [0.29, 0.717) is 0 Å². The van der Waals surface area contributed by atoms with Crippen molar-refractivity contribution in [2.24, 2.45) is 0 Å². The highest BCUT2D eigenvalue weighted by molar-refractivity contribution is 6.21. The van der Waals surface area contributed by atoms with Crippen molar-refractivity contribution in [2.45, 2.75) is 60.5 Å². The molecule has 0 aromatic carbocycles. The van der Waals surface area contributed by atoms with Crippen LogP contribution in [0.2, 0.25) is 0 Å². The summed E-state index contributed by atoms with van der Waals surface area (Å²) in [4.78, 5) is 12.3. The van der Waals surface area contributed by atoms with Gasteiger partial charge < -0.3 is 39.7 Å². The number of hydrogen-bond acceptors (Lipinski definition) is 9. The number of hydrogen-bond donors (Lipinski definition) is 5. The van der Waals surface area contributed by atoms with Crippen LogP contribution in [-0.2, 0) is 19.0 Å². The first-order valence-electron chi connectivity index (χ1n) is 7.76. The van der Waals surface area contributed by atoms with E-state index in [-0.39, 0.29) is 5.88 Å². The van der Waals surface area contributed by atoms with Crippen molar-refractivity contribution in [1.82, 2.24) is 0 Å². The molecule has 0 bridgehead atoms. The molecule has 9 atom stereocenters. The van der Waals surface area contributed by atoms with Crippen LogP contribution in [-0.4, -0.2) is 103 Å². The molecule has 2 heterocycles. The minimum Gasteiger partial charge on any atom is -0.394 e. The Labute approximate surface area is 164 Å². The summed E-state index contributed by atoms with van der Waals surface area (Å²) in [6.45, 7) is 0.304. The van der Waals surface area contributed by atoms with Gasteiger partial charge in [-0.3, -0.25) is 4.79 Å². The molecule has 0 radical (unpaired) electrons. The summed E-state index contributed by atoms with van der Waals surface area (Å²) in [5.41, 5.74) is 0. The molecule has 0 aliphatic carbocycles. The Morgan fingerprint density at radius 2 is 1.69 bits per heavy atom. The average molecular weight is 440 g/mol. The number of rotatable bonds is 6. The number of carbonyl (C=O) groups excluding carboxylic acids is 1. The van der Waals surface area contributed by atoms with Gasteiger partial charge in [0.15, 0.2) is 5.78 Å². The Morgan fingerprint density at radius 1 is 1.08 bits per heavy atom. The van der Waals surface area contributed by atoms with Crippen molar-refractivity contribution >= 4 is 40.6 Å². The van der Waals surface area contributed by atoms with E-state index in [1.54, 1.807) is 0 Å². The molecule has 26 heavy (non-hydrogen) atoms. The molecule has 152 valence electrons. The fourth-order valence-electron chi connectivity index (χ4n) is 3.02. The van der Waals surface area contributed by atoms with Crippen molar-refractivity contribution in [1.29, 1.82) is 0 Å². The highest BCUT2D eigenvalue weighted by atomic mass is 35.5. The molecule has 0 saturated carbocycles. The maximum atomic E-state index is 12.3. The monoisotopic (exact) mass is 438 g/mol. The fraction of sp³-hybridized carbons (Fsp3) is 0.929. The Morgan fingerprint density at radius 3 is 2.12 bits per heavy atom. The van der Waals surface area contributed by atoms with E-state index in [1.807, 2.05) is 0 Å². The van der Waals surface area contributed by atoms with Crippen molar-refractivity contribution in [3.63, 3.8) is 0 Å². The predicted octanol–water partition coefficient (Wildman–Crippen LogP) is -1.70. The maximum Gasteiger partial charge on any atom is 0.261 e. The number of aliphatic hydroxyl groups excluding tert-OH is 5. The summed E-state index contributed by atoms with van der Waals surface area (Å²) >= 11 is 17.5. The Hall–Kier alpha value is 0.220. The van der Waals surface area contributed by atoms with Crippen LogP contribution in [0.5, 0.6) is 0 Å². The lowest BCUT2D eigenvalue weighted by Crippen LogP contribution is -2.70. The van der Waals surface area contributed by atoms with Crippen molar-refractivity contribution in [3.05, 3.63) is 0 Å². The Balaban J connectivity index is 2.45. The average Bonchev–Trinajstić information content (AvgIpc) is 2.87. The smallest absolute Gasteiger partial charge is 0.261 e. The lowest BCUT2D eigenvalue weighted by molar-refractivity contribution is -0.394. The van der Waals surface area contributed by atoms with Gasteiger partial charge in [0.25, 0.3) is 5.79 Å². The maximum absolute atomic E-state index is 12.3. The van der Waals surface area contributed by atoms with Gasteiger partial charge in [-0.05, 0) is 0 Å². The normalized spacial score (nSPS) is 49.3. The molecule has 2 saturated heterocycles. The molecule has 9 nitrogen and oxygen atoms in total. The summed E-state index contributed by atoms with van der Waals surface area (Å²) in [5.74, 6) is -6.44. The summed E-state index contributed by atoms with van der Waals surface area (Å²) < 4.78 is 16.4. The lowest BCUT2D eigenvalue weighted by Gasteiger charge is -2.49. The van der Waals surface area contributed by atoms with Crippen molar-refractivity contribution < 1.29 is 44.5 Å². The number of ether oxygens (including phenoxy) is 3. The molecule has 0 aromatic rings. The van der Waals surface area contributed by atoms with Crippen LogP contribution in [0.1, 0.15) is 6.92 Å². The van der Waals surface area contributed by atoms with Gasteiger partial charge in [-0.1, -0.05) is 0 Å². The summed E-state index contributed by atoms with van der Waals surface area (Å²) in [5, 5.41) is 49.1. The van der Waals surface area contributed by atoms with E-state index in [4.69, 9.17) is 49.0 Å². The largest absolute Gasteiger partial charge is 0.394 e. The minimum absolute atomic E-state index is 0.220. The standard InChI is InChI=1S/C14H21Cl3O9/c1-5(19)14(12(23)10(21)8(17)7(3-18)25-14)26-13(4-16)11(22)9(20)6(2-15)24-13/h6-12,18,20-23H,2-4H2,1H3/t6-,7-,8+,9-,10+,11+,12-,13+,14+/m1/s1. The zero-order valence-electron chi connectivity index (χ0n) is 13.7. The molecule has 0 unspecified atom stereocenters. The molecule has 12 heteroatoms. The van der Waals surface area contributed by atoms with Gasteiger partial charge in [-0.25, -0.2) is 0 Å². The van der Waals surface area contributed by atoms with E-state index in [1.165, 1.54) is 0 Å². The van der Waals surface area contributed by atoms with E-state index in [2.05, 4.69) is 0 Å². The number of alkyl halides is 3. The quantitative estimate of drug-likeness (QED) is 0.306. The number of ketones is 1. The number of carbonyl (C=O) groups is 1. The second kappa shape index (κ2) is 8.30. The number of aliphatic hydroxyl groups is 5. The van der Waals surface area contributed by atoms with Crippen molar-refractivity contribution in [2.75, 3.05) is 18.4 Å². The van der Waals surface area contributed by atoms with Crippen molar-refractivity contribution in [3.8, 4) is 0 Å². The van der Waals surface area contributed by atoms with Gasteiger partial charge in [0.05, 0.1) is 23.7 Å². The molecule has 2 rings (SSSR count). The van der Waals surface area contributed by atoms with Gasteiger partial charge in [0.2, 0.25) is 5.79 Å². The Kier molecular flexibility index (Phi) is 7.19. The van der Waals surface area contributed by atoms with Crippen LogP contribution in [0.25, 0.3) is 0 Å². The number of halogens is 3. The first kappa shape index (κ1) is 22.5. The van der Waals surface area contributed by atoms with Gasteiger partial charge in [-0.15, -0.1) is 34.8 Å². The molecular weight excluding hydrogens is 419 g/mol. The van der Waals surface area contributed by atoms with Gasteiger partial charge in [0.1, 0.15) is 36.6 Å². The first-order chi connectivity index (χ1) is 12.1. The third kappa shape index (κ3) is 3.48. The summed E-state index contributed by atoms with van der Waals surface area (Å²) in [7, 11) is 0. The second-order valence-corrected chi connectivity index (χ2v) is 7.32. The Bertz CT molecular complexity index is 524. The lowest BCUT2D eigenvalue weighted by atomic mass is 9.91. The molecule has 2 aliphatic heterocycles. The summed E-state index contributed by atoms with van der Waals surface area (Å²) in [6.07, 6.45) is -9.29. The van der Waals surface area contributed by atoms with E-state index >= 15 is 0 Å². The van der Waals surface area contributed by atoms with Crippen LogP contribution in [0.3, 0.4) is 0 Å². The zero-order chi connectivity index (χ0) is 19.9. The zero-order valence-corrected chi connectivity index (χ0v) is 15.9. The highest BCUT2D eigenvalue weighted by Crippen LogP contribution is 2.42. The van der Waals surface area contributed by atoms with Gasteiger partial charge in [0, 0.05) is 6.92 Å². The topological polar surface area (TPSA) is 146 Å². The minimum atomic E-state index is -2.56. The van der Waals surface area contributed by atoms with Crippen LogP contribution in [0.15, 0.2) is 0 Å². The van der Waals surface area contributed by atoms with Crippen LogP contribution in [0, 0.1) is 0 Å². The summed E-state index contributed by atoms with van der Waals surface area (Å²) in [6, 6.07) is 0. The molecule has 0 aromatic heterocycles. The van der Waals surface area contributed by atoms with Gasteiger partial charge in [-0.2, -0.15) is 0 Å². The molecule has 5 N–H and O–H groups in total. The second-order valence-electron chi connectivity index (χ2n) is 6.24.